The number of hydrogen-bond donors (Lipinski definition) is 1. The molecule has 3 nitrogen and oxygen atoms in total. The number of halogens is 2. The second-order valence-corrected chi connectivity index (χ2v) is 5.91. The van der Waals surface area contributed by atoms with Gasteiger partial charge in [-0.15, -0.1) is 0 Å². The average molecular weight is 369 g/mol. The smallest absolute Gasteiger partial charge is 0.265 e. The van der Waals surface area contributed by atoms with E-state index in [4.69, 9.17) is 16.3 Å². The summed E-state index contributed by atoms with van der Waals surface area (Å²) < 4.78 is 6.58. The molecule has 2 rings (SSSR count). The number of aryl methyl sites for hydroxylation is 1. The summed E-state index contributed by atoms with van der Waals surface area (Å²) in [6.45, 7) is 3.65. The lowest BCUT2D eigenvalue weighted by Crippen LogP contribution is -2.30. The largest absolute Gasteiger partial charge is 0.479 e. The molecule has 0 spiro atoms. The summed E-state index contributed by atoms with van der Waals surface area (Å²) in [5.74, 6) is 0.269. The van der Waals surface area contributed by atoms with E-state index in [2.05, 4.69) is 21.2 Å². The molecular weight excluding hydrogens is 354 g/mol. The first-order valence-corrected chi connectivity index (χ1v) is 7.62. The quantitative estimate of drug-likeness (QED) is 0.840. The van der Waals surface area contributed by atoms with Gasteiger partial charge >= 0.3 is 0 Å². The monoisotopic (exact) mass is 367 g/mol. The number of benzene rings is 2. The van der Waals surface area contributed by atoms with Gasteiger partial charge in [-0.1, -0.05) is 39.7 Å². The van der Waals surface area contributed by atoms with Crippen molar-refractivity contribution in [2.24, 2.45) is 0 Å². The van der Waals surface area contributed by atoms with Crippen LogP contribution in [0.1, 0.15) is 12.5 Å². The van der Waals surface area contributed by atoms with Gasteiger partial charge in [0.2, 0.25) is 0 Å². The van der Waals surface area contributed by atoms with Crippen LogP contribution in [0.4, 0.5) is 5.69 Å². The van der Waals surface area contributed by atoms with Crippen molar-refractivity contribution in [2.75, 3.05) is 5.32 Å². The van der Waals surface area contributed by atoms with E-state index < -0.39 is 6.10 Å². The van der Waals surface area contributed by atoms with Crippen LogP contribution in [-0.2, 0) is 4.79 Å². The van der Waals surface area contributed by atoms with Gasteiger partial charge in [-0.05, 0) is 49.7 Å². The lowest BCUT2D eigenvalue weighted by molar-refractivity contribution is -0.122. The predicted molar refractivity (Wildman–Crippen MR) is 89.1 cm³/mol. The summed E-state index contributed by atoms with van der Waals surface area (Å²) in [7, 11) is 0. The SMILES string of the molecule is Cc1cc(NC(=O)[C@H](C)Oc2ccccc2Cl)ccc1Br. The van der Waals surface area contributed by atoms with Crippen LogP contribution in [0.2, 0.25) is 5.02 Å². The lowest BCUT2D eigenvalue weighted by atomic mass is 10.2. The minimum atomic E-state index is -0.645. The Bertz CT molecular complexity index is 660. The molecule has 0 radical (unpaired) electrons. The number of carbonyl (C=O) groups is 1. The standard InChI is InChI=1S/C16H15BrClNO2/c1-10-9-12(7-8-13(10)17)19-16(20)11(2)21-15-6-4-3-5-14(15)18/h3-9,11H,1-2H3,(H,19,20)/t11-/m0/s1. The topological polar surface area (TPSA) is 38.3 Å². The summed E-state index contributed by atoms with van der Waals surface area (Å²) in [5.41, 5.74) is 1.78. The average Bonchev–Trinajstić information content (AvgIpc) is 2.45. The molecule has 0 fully saturated rings. The third-order valence-electron chi connectivity index (χ3n) is 2.94. The molecule has 21 heavy (non-hydrogen) atoms. The van der Waals surface area contributed by atoms with E-state index >= 15 is 0 Å². The minimum Gasteiger partial charge on any atom is -0.479 e. The normalized spacial score (nSPS) is 11.8. The third-order valence-corrected chi connectivity index (χ3v) is 4.14. The lowest BCUT2D eigenvalue weighted by Gasteiger charge is -2.16. The van der Waals surface area contributed by atoms with Gasteiger partial charge < -0.3 is 10.1 Å². The first kappa shape index (κ1) is 15.9. The maximum Gasteiger partial charge on any atom is 0.265 e. The summed E-state index contributed by atoms with van der Waals surface area (Å²) in [5, 5.41) is 3.30. The Labute approximate surface area is 137 Å². The Kier molecular flexibility index (Phi) is 5.26. The van der Waals surface area contributed by atoms with Crippen molar-refractivity contribution in [3.63, 3.8) is 0 Å². The molecule has 1 amide bonds. The Morgan fingerprint density at radius 3 is 2.67 bits per heavy atom. The number of carbonyl (C=O) groups excluding carboxylic acids is 1. The number of anilines is 1. The molecule has 0 saturated carbocycles. The van der Waals surface area contributed by atoms with E-state index in [1.165, 1.54) is 0 Å². The zero-order valence-corrected chi connectivity index (χ0v) is 14.0. The Morgan fingerprint density at radius 1 is 1.29 bits per heavy atom. The predicted octanol–water partition coefficient (Wildman–Crippen LogP) is 4.82. The van der Waals surface area contributed by atoms with Gasteiger partial charge in [0, 0.05) is 10.2 Å². The van der Waals surface area contributed by atoms with Crippen molar-refractivity contribution in [3.05, 3.63) is 57.5 Å². The van der Waals surface area contributed by atoms with Crippen LogP contribution in [0.15, 0.2) is 46.9 Å². The van der Waals surface area contributed by atoms with Crippen LogP contribution < -0.4 is 10.1 Å². The molecule has 0 aliphatic heterocycles. The highest BCUT2D eigenvalue weighted by Gasteiger charge is 2.16. The maximum atomic E-state index is 12.1. The van der Waals surface area contributed by atoms with Crippen LogP contribution in [-0.4, -0.2) is 12.0 Å². The number of para-hydroxylation sites is 1. The van der Waals surface area contributed by atoms with Gasteiger partial charge in [0.1, 0.15) is 5.75 Å². The number of rotatable bonds is 4. The molecule has 0 bridgehead atoms. The molecule has 0 aliphatic rings. The summed E-state index contributed by atoms with van der Waals surface area (Å²) in [4.78, 5) is 12.1. The molecule has 0 saturated heterocycles. The number of ether oxygens (including phenoxy) is 1. The van der Waals surface area contributed by atoms with Crippen LogP contribution >= 0.6 is 27.5 Å². The van der Waals surface area contributed by atoms with E-state index in [0.29, 0.717) is 10.8 Å². The van der Waals surface area contributed by atoms with Gasteiger partial charge in [0.25, 0.3) is 5.91 Å². The second kappa shape index (κ2) is 6.96. The van der Waals surface area contributed by atoms with E-state index in [0.717, 1.165) is 15.7 Å². The van der Waals surface area contributed by atoms with Crippen molar-refractivity contribution < 1.29 is 9.53 Å². The first-order valence-electron chi connectivity index (χ1n) is 6.45. The Morgan fingerprint density at radius 2 is 2.00 bits per heavy atom. The summed E-state index contributed by atoms with van der Waals surface area (Å²) in [6.07, 6.45) is -0.645. The maximum absolute atomic E-state index is 12.1. The highest BCUT2D eigenvalue weighted by atomic mass is 79.9. The summed E-state index contributed by atoms with van der Waals surface area (Å²) in [6, 6.07) is 12.7. The number of nitrogens with one attached hydrogen (secondary N) is 1. The van der Waals surface area contributed by atoms with E-state index in [9.17, 15) is 4.79 Å². The van der Waals surface area contributed by atoms with Crippen molar-refractivity contribution in [1.82, 2.24) is 0 Å². The molecule has 1 atom stereocenters. The van der Waals surface area contributed by atoms with E-state index in [1.807, 2.05) is 37.3 Å². The van der Waals surface area contributed by atoms with E-state index in [-0.39, 0.29) is 5.91 Å². The molecule has 0 heterocycles. The molecule has 0 aromatic heterocycles. The van der Waals surface area contributed by atoms with Gasteiger partial charge in [-0.2, -0.15) is 0 Å². The third kappa shape index (κ3) is 4.22. The van der Waals surface area contributed by atoms with Crippen molar-refractivity contribution in [2.45, 2.75) is 20.0 Å². The van der Waals surface area contributed by atoms with Crippen molar-refractivity contribution in [3.8, 4) is 5.75 Å². The Balaban J connectivity index is 2.02. The second-order valence-electron chi connectivity index (χ2n) is 4.64. The van der Waals surface area contributed by atoms with Crippen molar-refractivity contribution in [1.29, 1.82) is 0 Å². The van der Waals surface area contributed by atoms with Gasteiger partial charge in [-0.3, -0.25) is 4.79 Å². The highest BCUT2D eigenvalue weighted by Crippen LogP contribution is 2.25. The molecule has 1 N–H and O–H groups in total. The first-order chi connectivity index (χ1) is 9.97. The van der Waals surface area contributed by atoms with Crippen molar-refractivity contribution >= 4 is 39.1 Å². The van der Waals surface area contributed by atoms with E-state index in [1.54, 1.807) is 19.1 Å². The zero-order valence-electron chi connectivity index (χ0n) is 11.7. The molecular formula is C16H15BrClNO2. The van der Waals surface area contributed by atoms with Gasteiger partial charge in [-0.25, -0.2) is 0 Å². The zero-order chi connectivity index (χ0) is 15.4. The van der Waals surface area contributed by atoms with Crippen LogP contribution in [0.3, 0.4) is 0 Å². The molecule has 0 unspecified atom stereocenters. The Hall–Kier alpha value is -1.52. The van der Waals surface area contributed by atoms with Gasteiger partial charge in [0.05, 0.1) is 5.02 Å². The molecule has 0 aliphatic carbocycles. The van der Waals surface area contributed by atoms with Crippen LogP contribution in [0.25, 0.3) is 0 Å². The molecule has 2 aromatic carbocycles. The number of amides is 1. The fraction of sp³-hybridized carbons (Fsp3) is 0.188. The van der Waals surface area contributed by atoms with Crippen LogP contribution in [0, 0.1) is 6.92 Å². The van der Waals surface area contributed by atoms with Crippen LogP contribution in [0.5, 0.6) is 5.75 Å². The molecule has 110 valence electrons. The highest BCUT2D eigenvalue weighted by molar-refractivity contribution is 9.10. The van der Waals surface area contributed by atoms with Gasteiger partial charge in [0.15, 0.2) is 6.10 Å². The molecule has 5 heteroatoms. The molecule has 2 aromatic rings. The fourth-order valence-electron chi connectivity index (χ4n) is 1.75. The fourth-order valence-corrected chi connectivity index (χ4v) is 2.18. The minimum absolute atomic E-state index is 0.225. The summed E-state index contributed by atoms with van der Waals surface area (Å²) >= 11 is 9.43. The number of hydrogen-bond acceptors (Lipinski definition) is 2.